The fourth-order valence-corrected chi connectivity index (χ4v) is 2.23. The maximum Gasteiger partial charge on any atom is 0.232 e. The van der Waals surface area contributed by atoms with Crippen LogP contribution in [0.5, 0.6) is 0 Å². The molecule has 7 nitrogen and oxygen atoms in total. The van der Waals surface area contributed by atoms with Gasteiger partial charge in [0.2, 0.25) is 11.1 Å². The molecule has 1 N–H and O–H groups in total. The Labute approximate surface area is 124 Å². The van der Waals surface area contributed by atoms with E-state index in [9.17, 15) is 4.79 Å². The Kier molecular flexibility index (Phi) is 6.41. The van der Waals surface area contributed by atoms with Crippen LogP contribution in [0.15, 0.2) is 5.16 Å². The summed E-state index contributed by atoms with van der Waals surface area (Å²) in [4.78, 5) is 13.4. The maximum atomic E-state index is 11.7. The summed E-state index contributed by atoms with van der Waals surface area (Å²) < 4.78 is 1.72. The topological polar surface area (TPSA) is 75.9 Å². The standard InChI is InChI=1S/C12H24N6OS/c1-6-17(5)10(19)9-20-11-14-15-16-18(11)8-7-13-12(2,3)4/h13H,6-9H2,1-5H3. The molecule has 0 atom stereocenters. The van der Waals surface area contributed by atoms with Crippen molar-refractivity contribution in [2.75, 3.05) is 25.9 Å². The molecule has 0 spiro atoms. The van der Waals surface area contributed by atoms with Crippen molar-refractivity contribution in [1.29, 1.82) is 0 Å². The lowest BCUT2D eigenvalue weighted by Gasteiger charge is -2.20. The minimum Gasteiger partial charge on any atom is -0.345 e. The van der Waals surface area contributed by atoms with E-state index in [0.29, 0.717) is 24.0 Å². The quantitative estimate of drug-likeness (QED) is 0.745. The van der Waals surface area contributed by atoms with E-state index >= 15 is 0 Å². The molecule has 1 amide bonds. The van der Waals surface area contributed by atoms with Crippen LogP contribution in [-0.2, 0) is 11.3 Å². The summed E-state index contributed by atoms with van der Waals surface area (Å²) in [5.74, 6) is 0.442. The first-order chi connectivity index (χ1) is 9.33. The zero-order chi connectivity index (χ0) is 15.2. The Morgan fingerprint density at radius 2 is 2.15 bits per heavy atom. The van der Waals surface area contributed by atoms with Gasteiger partial charge in [0.15, 0.2) is 0 Å². The first-order valence-electron chi connectivity index (χ1n) is 6.71. The highest BCUT2D eigenvalue weighted by Crippen LogP contribution is 2.13. The number of hydrogen-bond donors (Lipinski definition) is 1. The Morgan fingerprint density at radius 1 is 1.45 bits per heavy atom. The van der Waals surface area contributed by atoms with Crippen LogP contribution >= 0.6 is 11.8 Å². The first kappa shape index (κ1) is 16.9. The molecule has 0 saturated carbocycles. The van der Waals surface area contributed by atoms with Crippen molar-refractivity contribution < 1.29 is 4.79 Å². The molecule has 0 fully saturated rings. The fourth-order valence-electron chi connectivity index (χ4n) is 1.39. The van der Waals surface area contributed by atoms with Gasteiger partial charge in [-0.25, -0.2) is 4.68 Å². The normalized spacial score (nSPS) is 11.7. The second-order valence-electron chi connectivity index (χ2n) is 5.56. The van der Waals surface area contributed by atoms with Crippen molar-refractivity contribution in [1.82, 2.24) is 30.4 Å². The fraction of sp³-hybridized carbons (Fsp3) is 0.833. The second kappa shape index (κ2) is 7.58. The van der Waals surface area contributed by atoms with E-state index in [1.807, 2.05) is 6.92 Å². The van der Waals surface area contributed by atoms with E-state index in [2.05, 4.69) is 41.6 Å². The molecule has 20 heavy (non-hydrogen) atoms. The smallest absolute Gasteiger partial charge is 0.232 e. The number of carbonyl (C=O) groups is 1. The van der Waals surface area contributed by atoms with Gasteiger partial charge in [-0.2, -0.15) is 0 Å². The van der Waals surface area contributed by atoms with Crippen molar-refractivity contribution in [2.45, 2.75) is 44.9 Å². The van der Waals surface area contributed by atoms with Crippen LogP contribution in [0.25, 0.3) is 0 Å². The van der Waals surface area contributed by atoms with E-state index in [1.165, 1.54) is 11.8 Å². The number of thioether (sulfide) groups is 1. The van der Waals surface area contributed by atoms with Gasteiger partial charge >= 0.3 is 0 Å². The van der Waals surface area contributed by atoms with E-state index in [1.54, 1.807) is 16.6 Å². The van der Waals surface area contributed by atoms with Crippen LogP contribution in [-0.4, -0.2) is 62.4 Å². The molecule has 8 heteroatoms. The number of nitrogens with zero attached hydrogens (tertiary/aromatic N) is 5. The van der Waals surface area contributed by atoms with Crippen molar-refractivity contribution >= 4 is 17.7 Å². The Balaban J connectivity index is 2.44. The van der Waals surface area contributed by atoms with E-state index in [-0.39, 0.29) is 11.4 Å². The molecular formula is C12H24N6OS. The molecule has 0 aliphatic rings. The number of tetrazole rings is 1. The highest BCUT2D eigenvalue weighted by atomic mass is 32.2. The number of aromatic nitrogens is 4. The third kappa shape index (κ3) is 5.87. The van der Waals surface area contributed by atoms with Crippen molar-refractivity contribution in [3.63, 3.8) is 0 Å². The summed E-state index contributed by atoms with van der Waals surface area (Å²) in [5.41, 5.74) is 0.0706. The molecule has 0 aliphatic heterocycles. The molecule has 0 radical (unpaired) electrons. The van der Waals surface area contributed by atoms with Gasteiger partial charge in [0, 0.05) is 25.7 Å². The van der Waals surface area contributed by atoms with Gasteiger partial charge in [-0.15, -0.1) is 5.10 Å². The molecule has 1 aromatic heterocycles. The Morgan fingerprint density at radius 3 is 2.75 bits per heavy atom. The summed E-state index contributed by atoms with van der Waals surface area (Å²) in [7, 11) is 1.79. The predicted octanol–water partition coefficient (Wildman–Crippen LogP) is 0.632. The highest BCUT2D eigenvalue weighted by molar-refractivity contribution is 7.99. The maximum absolute atomic E-state index is 11.7. The number of rotatable bonds is 7. The average molecular weight is 300 g/mol. The third-order valence-corrected chi connectivity index (χ3v) is 3.64. The summed E-state index contributed by atoms with van der Waals surface area (Å²) in [5, 5.41) is 15.6. The van der Waals surface area contributed by atoms with Crippen LogP contribution in [0, 0.1) is 0 Å². The minimum atomic E-state index is 0.0706. The van der Waals surface area contributed by atoms with Crippen LogP contribution < -0.4 is 5.32 Å². The molecule has 1 heterocycles. The molecule has 0 aromatic carbocycles. The molecule has 0 bridgehead atoms. The van der Waals surface area contributed by atoms with Gasteiger partial charge in [-0.3, -0.25) is 4.79 Å². The molecule has 1 aromatic rings. The van der Waals surface area contributed by atoms with Gasteiger partial charge in [0.1, 0.15) is 0 Å². The highest BCUT2D eigenvalue weighted by Gasteiger charge is 2.13. The molecule has 0 unspecified atom stereocenters. The summed E-state index contributed by atoms with van der Waals surface area (Å²) >= 11 is 1.37. The zero-order valence-electron chi connectivity index (χ0n) is 12.9. The minimum absolute atomic E-state index is 0.0706. The average Bonchev–Trinajstić information content (AvgIpc) is 2.81. The van der Waals surface area contributed by atoms with E-state index in [4.69, 9.17) is 0 Å². The lowest BCUT2D eigenvalue weighted by atomic mass is 10.1. The summed E-state index contributed by atoms with van der Waals surface area (Å²) in [6, 6.07) is 0. The zero-order valence-corrected chi connectivity index (χ0v) is 13.7. The van der Waals surface area contributed by atoms with E-state index < -0.39 is 0 Å². The first-order valence-corrected chi connectivity index (χ1v) is 7.70. The van der Waals surface area contributed by atoms with Crippen LogP contribution in [0.3, 0.4) is 0 Å². The lowest BCUT2D eigenvalue weighted by Crippen LogP contribution is -2.38. The summed E-state index contributed by atoms with van der Waals surface area (Å²) in [6.45, 7) is 10.5. The Bertz CT molecular complexity index is 428. The van der Waals surface area contributed by atoms with Crippen molar-refractivity contribution in [3.05, 3.63) is 0 Å². The van der Waals surface area contributed by atoms with Gasteiger partial charge in [-0.05, 0) is 38.1 Å². The van der Waals surface area contributed by atoms with Crippen molar-refractivity contribution in [3.8, 4) is 0 Å². The molecule has 1 rings (SSSR count). The second-order valence-corrected chi connectivity index (χ2v) is 6.50. The number of carbonyl (C=O) groups excluding carboxylic acids is 1. The number of nitrogens with one attached hydrogen (secondary N) is 1. The molecular weight excluding hydrogens is 276 g/mol. The van der Waals surface area contributed by atoms with Crippen LogP contribution in [0.4, 0.5) is 0 Å². The summed E-state index contributed by atoms with van der Waals surface area (Å²) in [6.07, 6.45) is 0. The van der Waals surface area contributed by atoms with Gasteiger partial charge < -0.3 is 10.2 Å². The molecule has 0 saturated heterocycles. The number of hydrogen-bond acceptors (Lipinski definition) is 6. The van der Waals surface area contributed by atoms with Gasteiger partial charge in [-0.1, -0.05) is 11.8 Å². The van der Waals surface area contributed by atoms with E-state index in [0.717, 1.165) is 6.54 Å². The lowest BCUT2D eigenvalue weighted by molar-refractivity contribution is -0.126. The Hall–Kier alpha value is -1.15. The number of amides is 1. The van der Waals surface area contributed by atoms with Crippen LogP contribution in [0.2, 0.25) is 0 Å². The monoisotopic (exact) mass is 300 g/mol. The van der Waals surface area contributed by atoms with Crippen LogP contribution in [0.1, 0.15) is 27.7 Å². The predicted molar refractivity (Wildman–Crippen MR) is 79.6 cm³/mol. The molecule has 114 valence electrons. The third-order valence-electron chi connectivity index (χ3n) is 2.70. The largest absolute Gasteiger partial charge is 0.345 e. The van der Waals surface area contributed by atoms with Crippen molar-refractivity contribution in [2.24, 2.45) is 0 Å². The van der Waals surface area contributed by atoms with Gasteiger partial charge in [0.05, 0.1) is 12.3 Å². The molecule has 0 aliphatic carbocycles. The SMILES string of the molecule is CCN(C)C(=O)CSc1nnnn1CCNC(C)(C)C. The van der Waals surface area contributed by atoms with Gasteiger partial charge in [0.25, 0.3) is 0 Å².